The molecule has 3 heteroatoms. The molecule has 0 saturated heterocycles. The van der Waals surface area contributed by atoms with Crippen LogP contribution >= 0.6 is 11.6 Å². The molecule has 1 radical (unpaired) electrons. The summed E-state index contributed by atoms with van der Waals surface area (Å²) in [6.07, 6.45) is 0. The number of rotatable bonds is 2. The molecule has 0 unspecified atom stereocenters. The molecule has 0 aliphatic rings. The van der Waals surface area contributed by atoms with E-state index in [2.05, 4.69) is 7.11 Å². The SMILES string of the molecule is [CH2]Oc1ccc(Cl)cc1OC. The fourth-order valence-electron chi connectivity index (χ4n) is 0.761. The van der Waals surface area contributed by atoms with E-state index in [0.717, 1.165) is 0 Å². The van der Waals surface area contributed by atoms with E-state index in [1.807, 2.05) is 0 Å². The minimum Gasteiger partial charge on any atom is -0.493 e. The van der Waals surface area contributed by atoms with Crippen LogP contribution in [0.5, 0.6) is 11.5 Å². The number of benzene rings is 1. The summed E-state index contributed by atoms with van der Waals surface area (Å²) in [5.41, 5.74) is 0. The average Bonchev–Trinajstić information content (AvgIpc) is 2.04. The largest absolute Gasteiger partial charge is 0.493 e. The summed E-state index contributed by atoms with van der Waals surface area (Å²) in [6.45, 7) is 0. The lowest BCUT2D eigenvalue weighted by Crippen LogP contribution is -1.87. The molecule has 0 saturated carbocycles. The van der Waals surface area contributed by atoms with Crippen molar-refractivity contribution in [2.45, 2.75) is 0 Å². The highest BCUT2D eigenvalue weighted by molar-refractivity contribution is 6.30. The number of ether oxygens (including phenoxy) is 2. The van der Waals surface area contributed by atoms with E-state index < -0.39 is 0 Å². The average molecular weight is 172 g/mol. The minimum absolute atomic E-state index is 0.580. The summed E-state index contributed by atoms with van der Waals surface area (Å²) in [5.74, 6) is 1.17. The Balaban J connectivity index is 3.06. The predicted molar refractivity (Wildman–Crippen MR) is 44.0 cm³/mol. The zero-order valence-electron chi connectivity index (χ0n) is 6.13. The number of halogens is 1. The Kier molecular flexibility index (Phi) is 2.60. The van der Waals surface area contributed by atoms with Crippen molar-refractivity contribution in [1.82, 2.24) is 0 Å². The third kappa shape index (κ3) is 1.77. The Hall–Kier alpha value is -0.890. The first kappa shape index (κ1) is 8.21. The molecule has 0 N–H and O–H groups in total. The van der Waals surface area contributed by atoms with Crippen molar-refractivity contribution < 1.29 is 9.47 Å². The summed E-state index contributed by atoms with van der Waals surface area (Å²) >= 11 is 5.70. The molecule has 0 aliphatic carbocycles. The van der Waals surface area contributed by atoms with Gasteiger partial charge in [0.2, 0.25) is 0 Å². The predicted octanol–water partition coefficient (Wildman–Crippen LogP) is 2.52. The van der Waals surface area contributed by atoms with Gasteiger partial charge in [0, 0.05) is 11.1 Å². The van der Waals surface area contributed by atoms with Gasteiger partial charge >= 0.3 is 0 Å². The first-order valence-electron chi connectivity index (χ1n) is 3.03. The molecule has 0 amide bonds. The van der Waals surface area contributed by atoms with Crippen molar-refractivity contribution in [3.8, 4) is 11.5 Å². The van der Waals surface area contributed by atoms with Crippen molar-refractivity contribution in [1.29, 1.82) is 0 Å². The Labute approximate surface area is 70.7 Å². The van der Waals surface area contributed by atoms with Gasteiger partial charge in [0.1, 0.15) is 7.11 Å². The van der Waals surface area contributed by atoms with E-state index in [-0.39, 0.29) is 0 Å². The Morgan fingerprint density at radius 1 is 1.36 bits per heavy atom. The van der Waals surface area contributed by atoms with Gasteiger partial charge in [0.25, 0.3) is 0 Å². The van der Waals surface area contributed by atoms with Crippen LogP contribution in [0.15, 0.2) is 18.2 Å². The summed E-state index contributed by atoms with van der Waals surface area (Å²) in [4.78, 5) is 0. The normalized spacial score (nSPS) is 9.36. The first-order valence-corrected chi connectivity index (χ1v) is 3.41. The highest BCUT2D eigenvalue weighted by Crippen LogP contribution is 2.29. The lowest BCUT2D eigenvalue weighted by Gasteiger charge is -2.05. The molecule has 0 aromatic heterocycles. The second kappa shape index (κ2) is 3.49. The van der Waals surface area contributed by atoms with Crippen LogP contribution in [0.25, 0.3) is 0 Å². The van der Waals surface area contributed by atoms with Gasteiger partial charge in [0.05, 0.1) is 7.11 Å². The van der Waals surface area contributed by atoms with E-state index in [0.29, 0.717) is 16.5 Å². The maximum atomic E-state index is 5.70. The Morgan fingerprint density at radius 3 is 2.64 bits per heavy atom. The van der Waals surface area contributed by atoms with Crippen molar-refractivity contribution in [3.63, 3.8) is 0 Å². The standard InChI is InChI=1S/C8H8ClO2/c1-10-7-4-3-6(9)5-8(7)11-2/h3-5H,1H2,2H3. The third-order valence-corrected chi connectivity index (χ3v) is 1.52. The van der Waals surface area contributed by atoms with Crippen LogP contribution in [0.2, 0.25) is 5.02 Å². The fourth-order valence-corrected chi connectivity index (χ4v) is 0.923. The van der Waals surface area contributed by atoms with Gasteiger partial charge in [0.15, 0.2) is 11.5 Å². The molecule has 1 aromatic carbocycles. The van der Waals surface area contributed by atoms with E-state index in [4.69, 9.17) is 21.1 Å². The molecular formula is C8H8ClO2. The molecule has 1 rings (SSSR count). The second-order valence-electron chi connectivity index (χ2n) is 1.94. The van der Waals surface area contributed by atoms with Gasteiger partial charge in [-0.05, 0) is 12.1 Å². The Morgan fingerprint density at radius 2 is 2.09 bits per heavy atom. The molecule has 0 spiro atoms. The van der Waals surface area contributed by atoms with E-state index >= 15 is 0 Å². The summed E-state index contributed by atoms with van der Waals surface area (Å²) < 4.78 is 9.73. The molecule has 0 atom stereocenters. The van der Waals surface area contributed by atoms with Crippen LogP contribution in [0.1, 0.15) is 0 Å². The molecule has 0 heterocycles. The number of methoxy groups -OCH3 is 1. The molecular weight excluding hydrogens is 164 g/mol. The van der Waals surface area contributed by atoms with Crippen LogP contribution in [-0.2, 0) is 0 Å². The van der Waals surface area contributed by atoms with Gasteiger partial charge in [-0.25, -0.2) is 0 Å². The molecule has 2 nitrogen and oxygen atoms in total. The quantitative estimate of drug-likeness (QED) is 0.681. The van der Waals surface area contributed by atoms with Crippen LogP contribution in [0, 0.1) is 7.11 Å². The highest BCUT2D eigenvalue weighted by Gasteiger charge is 2.01. The van der Waals surface area contributed by atoms with Crippen molar-refractivity contribution >= 4 is 11.6 Å². The molecule has 0 fully saturated rings. The maximum absolute atomic E-state index is 5.70. The fraction of sp³-hybridized carbons (Fsp3) is 0.125. The molecule has 11 heavy (non-hydrogen) atoms. The summed E-state index contributed by atoms with van der Waals surface area (Å²) in [5, 5.41) is 0.614. The maximum Gasteiger partial charge on any atom is 0.162 e. The lowest BCUT2D eigenvalue weighted by atomic mass is 10.3. The molecule has 0 bridgehead atoms. The second-order valence-corrected chi connectivity index (χ2v) is 2.38. The number of hydrogen-bond donors (Lipinski definition) is 0. The van der Waals surface area contributed by atoms with Gasteiger partial charge in [-0.3, -0.25) is 0 Å². The summed E-state index contributed by atoms with van der Waals surface area (Å²) in [6, 6.07) is 5.08. The van der Waals surface area contributed by atoms with Crippen LogP contribution < -0.4 is 9.47 Å². The topological polar surface area (TPSA) is 18.5 Å². The molecule has 1 aromatic rings. The number of hydrogen-bond acceptors (Lipinski definition) is 2. The lowest BCUT2D eigenvalue weighted by molar-refractivity contribution is 0.376. The monoisotopic (exact) mass is 171 g/mol. The smallest absolute Gasteiger partial charge is 0.162 e. The van der Waals surface area contributed by atoms with Gasteiger partial charge in [-0.15, -0.1) is 0 Å². The molecule has 59 valence electrons. The van der Waals surface area contributed by atoms with Gasteiger partial charge in [-0.1, -0.05) is 11.6 Å². The van der Waals surface area contributed by atoms with E-state index in [1.54, 1.807) is 25.3 Å². The van der Waals surface area contributed by atoms with Crippen LogP contribution in [0.4, 0.5) is 0 Å². The summed E-state index contributed by atoms with van der Waals surface area (Å²) in [7, 11) is 4.82. The van der Waals surface area contributed by atoms with Crippen molar-refractivity contribution in [2.75, 3.05) is 7.11 Å². The van der Waals surface area contributed by atoms with Crippen molar-refractivity contribution in [2.24, 2.45) is 0 Å². The third-order valence-electron chi connectivity index (χ3n) is 1.28. The van der Waals surface area contributed by atoms with Crippen LogP contribution in [0.3, 0.4) is 0 Å². The molecule has 0 aliphatic heterocycles. The van der Waals surface area contributed by atoms with Crippen molar-refractivity contribution in [3.05, 3.63) is 30.3 Å². The first-order chi connectivity index (χ1) is 5.27. The highest BCUT2D eigenvalue weighted by atomic mass is 35.5. The van der Waals surface area contributed by atoms with E-state index in [9.17, 15) is 0 Å². The minimum atomic E-state index is 0.580. The Bertz CT molecular complexity index is 248. The zero-order valence-corrected chi connectivity index (χ0v) is 6.89. The van der Waals surface area contributed by atoms with Gasteiger partial charge in [-0.2, -0.15) is 0 Å². The zero-order chi connectivity index (χ0) is 8.27. The van der Waals surface area contributed by atoms with Gasteiger partial charge < -0.3 is 9.47 Å². The van der Waals surface area contributed by atoms with E-state index in [1.165, 1.54) is 0 Å². The van der Waals surface area contributed by atoms with Crippen LogP contribution in [-0.4, -0.2) is 7.11 Å².